The molecule has 3 heterocycles. The van der Waals surface area contributed by atoms with Gasteiger partial charge in [-0.1, -0.05) is 127 Å². The van der Waals surface area contributed by atoms with E-state index in [1.165, 1.54) is 25.6 Å². The van der Waals surface area contributed by atoms with Crippen LogP contribution in [-0.2, 0) is 0 Å². The molecule has 0 aliphatic rings. The van der Waals surface area contributed by atoms with Gasteiger partial charge < -0.3 is 4.42 Å². The maximum Gasteiger partial charge on any atom is 0.164 e. The van der Waals surface area contributed by atoms with E-state index in [0.29, 0.717) is 17.5 Å². The first-order valence-corrected chi connectivity index (χ1v) is 18.2. The lowest BCUT2D eigenvalue weighted by Crippen LogP contribution is -2.00. The number of aromatic nitrogens is 3. The fourth-order valence-electron chi connectivity index (χ4n) is 7.65. The van der Waals surface area contributed by atoms with Gasteiger partial charge in [-0.3, -0.25) is 0 Å². The number of nitrogens with zero attached hydrogens (tertiary/aromatic N) is 3. The molecule has 0 aliphatic carbocycles. The van der Waals surface area contributed by atoms with E-state index in [4.69, 9.17) is 19.4 Å². The monoisotopic (exact) mass is 681 g/mol. The number of hydrogen-bond acceptors (Lipinski definition) is 5. The minimum atomic E-state index is 0.604. The van der Waals surface area contributed by atoms with Gasteiger partial charge in [0.2, 0.25) is 0 Å². The van der Waals surface area contributed by atoms with Crippen molar-refractivity contribution in [2.75, 3.05) is 0 Å². The normalized spacial score (nSPS) is 11.8. The predicted octanol–water partition coefficient (Wildman–Crippen LogP) is 13.1. The Hall–Kier alpha value is -6.69. The van der Waals surface area contributed by atoms with Crippen molar-refractivity contribution in [2.24, 2.45) is 0 Å². The fraction of sp³-hybridized carbons (Fsp3) is 0. The fourth-order valence-corrected chi connectivity index (χ4v) is 8.82. The molecule has 0 saturated heterocycles. The van der Waals surface area contributed by atoms with Crippen LogP contribution in [0.4, 0.5) is 0 Å². The summed E-state index contributed by atoms with van der Waals surface area (Å²) in [6.07, 6.45) is 0. The number of hydrogen-bond donors (Lipinski definition) is 0. The maximum absolute atomic E-state index is 6.58. The van der Waals surface area contributed by atoms with Crippen LogP contribution in [0.5, 0.6) is 0 Å². The van der Waals surface area contributed by atoms with Crippen molar-refractivity contribution in [2.45, 2.75) is 0 Å². The lowest BCUT2D eigenvalue weighted by molar-refractivity contribution is 0.672. The molecule has 5 heteroatoms. The van der Waals surface area contributed by atoms with Crippen LogP contribution < -0.4 is 0 Å². The summed E-state index contributed by atoms with van der Waals surface area (Å²) in [6, 6.07) is 57.4. The molecule has 52 heavy (non-hydrogen) atoms. The molecular formula is C47H27N3OS. The van der Waals surface area contributed by atoms with E-state index in [2.05, 4.69) is 152 Å². The minimum absolute atomic E-state index is 0.604. The van der Waals surface area contributed by atoms with E-state index in [1.54, 1.807) is 11.3 Å². The molecule has 11 rings (SSSR count). The van der Waals surface area contributed by atoms with Gasteiger partial charge in [-0.05, 0) is 63.7 Å². The molecule has 0 saturated carbocycles. The molecule has 0 atom stereocenters. The van der Waals surface area contributed by atoms with Gasteiger partial charge in [-0.15, -0.1) is 11.3 Å². The summed E-state index contributed by atoms with van der Waals surface area (Å²) in [5.41, 5.74) is 6.77. The van der Waals surface area contributed by atoms with Gasteiger partial charge in [0.15, 0.2) is 17.5 Å². The summed E-state index contributed by atoms with van der Waals surface area (Å²) in [4.78, 5) is 15.7. The minimum Gasteiger partial charge on any atom is -0.455 e. The molecule has 0 aliphatic heterocycles. The largest absolute Gasteiger partial charge is 0.455 e. The van der Waals surface area contributed by atoms with Crippen molar-refractivity contribution < 1.29 is 4.42 Å². The average Bonchev–Trinajstić information content (AvgIpc) is 3.79. The Balaban J connectivity index is 1.20. The van der Waals surface area contributed by atoms with Crippen molar-refractivity contribution in [1.82, 2.24) is 15.0 Å². The van der Waals surface area contributed by atoms with Crippen molar-refractivity contribution in [3.63, 3.8) is 0 Å². The molecule has 0 unspecified atom stereocenters. The highest BCUT2D eigenvalue weighted by Crippen LogP contribution is 2.43. The lowest BCUT2D eigenvalue weighted by Gasteiger charge is -2.12. The van der Waals surface area contributed by atoms with Gasteiger partial charge in [0.1, 0.15) is 11.2 Å². The first-order valence-electron chi connectivity index (χ1n) is 17.3. The third-order valence-corrected chi connectivity index (χ3v) is 11.2. The van der Waals surface area contributed by atoms with Crippen LogP contribution in [0.25, 0.3) is 109 Å². The van der Waals surface area contributed by atoms with Gasteiger partial charge in [-0.25, -0.2) is 15.0 Å². The Labute approximate surface area is 302 Å². The molecule has 11 aromatic rings. The zero-order chi connectivity index (χ0) is 34.2. The van der Waals surface area contributed by atoms with Crippen LogP contribution in [0.2, 0.25) is 0 Å². The zero-order valence-corrected chi connectivity index (χ0v) is 28.6. The highest BCUT2D eigenvalue weighted by molar-refractivity contribution is 7.26. The van der Waals surface area contributed by atoms with Crippen LogP contribution in [-0.4, -0.2) is 15.0 Å². The molecule has 8 aromatic carbocycles. The van der Waals surface area contributed by atoms with E-state index in [1.807, 2.05) is 12.1 Å². The van der Waals surface area contributed by atoms with E-state index < -0.39 is 0 Å². The SMILES string of the molecule is c1ccc(-c2cc(-c3nc(-c4ccc5ccccc5c4)nc(-c4cccc5oc6c7ccccc7ccc6c45)n3)cc3sc4ccccc4c23)cc1. The third kappa shape index (κ3) is 4.57. The molecule has 0 N–H and O–H groups in total. The second-order valence-electron chi connectivity index (χ2n) is 13.2. The van der Waals surface area contributed by atoms with Crippen molar-refractivity contribution >= 4 is 75.0 Å². The molecule has 4 nitrogen and oxygen atoms in total. The summed E-state index contributed by atoms with van der Waals surface area (Å²) in [7, 11) is 0. The number of thiophene rings is 1. The van der Waals surface area contributed by atoms with Crippen molar-refractivity contribution in [3.05, 3.63) is 164 Å². The maximum atomic E-state index is 6.58. The topological polar surface area (TPSA) is 51.8 Å². The molecule has 242 valence electrons. The summed E-state index contributed by atoms with van der Waals surface area (Å²) >= 11 is 1.80. The Morgan fingerprint density at radius 3 is 1.98 bits per heavy atom. The van der Waals surface area contributed by atoms with Crippen LogP contribution in [0, 0.1) is 0 Å². The Morgan fingerprint density at radius 1 is 0.385 bits per heavy atom. The molecule has 3 aromatic heterocycles. The number of rotatable bonds is 4. The van der Waals surface area contributed by atoms with Crippen LogP contribution >= 0.6 is 11.3 Å². The quantitative estimate of drug-likeness (QED) is 0.185. The Kier molecular flexibility index (Phi) is 6.39. The number of furan rings is 1. The molecule has 0 fully saturated rings. The smallest absolute Gasteiger partial charge is 0.164 e. The van der Waals surface area contributed by atoms with Gasteiger partial charge in [-0.2, -0.15) is 0 Å². The van der Waals surface area contributed by atoms with Crippen LogP contribution in [0.3, 0.4) is 0 Å². The first kappa shape index (κ1) is 29.1. The zero-order valence-electron chi connectivity index (χ0n) is 27.7. The van der Waals surface area contributed by atoms with Crippen LogP contribution in [0.15, 0.2) is 168 Å². The Bertz CT molecular complexity index is 3200. The molecule has 0 amide bonds. The lowest BCUT2D eigenvalue weighted by atomic mass is 9.97. The average molecular weight is 682 g/mol. The summed E-state index contributed by atoms with van der Waals surface area (Å²) in [5.74, 6) is 1.85. The molecule has 0 radical (unpaired) electrons. The Morgan fingerprint density at radius 2 is 1.10 bits per heavy atom. The molecular weight excluding hydrogens is 655 g/mol. The predicted molar refractivity (Wildman–Crippen MR) is 217 cm³/mol. The van der Waals surface area contributed by atoms with Crippen molar-refractivity contribution in [3.8, 4) is 45.3 Å². The van der Waals surface area contributed by atoms with Gasteiger partial charge in [0.05, 0.1) is 0 Å². The summed E-state index contributed by atoms with van der Waals surface area (Å²) < 4.78 is 9.03. The highest BCUT2D eigenvalue weighted by atomic mass is 32.1. The second-order valence-corrected chi connectivity index (χ2v) is 14.3. The number of fused-ring (bicyclic) bond motifs is 9. The third-order valence-electron chi connectivity index (χ3n) is 10.1. The summed E-state index contributed by atoms with van der Waals surface area (Å²) in [5, 5.41) is 9.07. The van der Waals surface area contributed by atoms with Gasteiger partial charge >= 0.3 is 0 Å². The standard InChI is InChI=1S/C47H27N3OS/c1-2-12-29(13-3-1)38-26-33(27-41-43(38)35-17-8-9-20-40(35)52-41)46-48-45(32-22-21-28-11-4-5-15-31(28)25-32)49-47(50-46)37-18-10-19-39-42(37)36-24-23-30-14-6-7-16-34(30)44(36)51-39/h1-27H. The molecule has 0 spiro atoms. The van der Waals surface area contributed by atoms with E-state index >= 15 is 0 Å². The van der Waals surface area contributed by atoms with Gasteiger partial charge in [0, 0.05) is 53.0 Å². The van der Waals surface area contributed by atoms with E-state index in [0.717, 1.165) is 65.9 Å². The summed E-state index contributed by atoms with van der Waals surface area (Å²) in [6.45, 7) is 0. The second kappa shape index (κ2) is 11.4. The number of benzene rings is 8. The van der Waals surface area contributed by atoms with E-state index in [-0.39, 0.29) is 0 Å². The van der Waals surface area contributed by atoms with E-state index in [9.17, 15) is 0 Å². The van der Waals surface area contributed by atoms with Crippen molar-refractivity contribution in [1.29, 1.82) is 0 Å². The van der Waals surface area contributed by atoms with Crippen LogP contribution in [0.1, 0.15) is 0 Å². The van der Waals surface area contributed by atoms with Gasteiger partial charge in [0.25, 0.3) is 0 Å². The molecule has 0 bridgehead atoms. The first-order chi connectivity index (χ1) is 25.7. The highest BCUT2D eigenvalue weighted by Gasteiger charge is 2.21.